The number of nitrogens with one attached hydrogen (secondary N) is 2. The molecule has 1 aliphatic heterocycles. The number of nitrogens with zero attached hydrogens (tertiary/aromatic N) is 1. The molecule has 10 heteroatoms. The van der Waals surface area contributed by atoms with Gasteiger partial charge in [0.25, 0.3) is 0 Å². The summed E-state index contributed by atoms with van der Waals surface area (Å²) in [6, 6.07) is 15.5. The highest BCUT2D eigenvalue weighted by Gasteiger charge is 2.24. The summed E-state index contributed by atoms with van der Waals surface area (Å²) >= 11 is 6.05. The molecule has 3 aromatic carbocycles. The van der Waals surface area contributed by atoms with Crippen molar-refractivity contribution in [1.29, 1.82) is 0 Å². The van der Waals surface area contributed by atoms with Crippen LogP contribution in [0.4, 0.5) is 16.2 Å². The van der Waals surface area contributed by atoms with E-state index in [4.69, 9.17) is 35.3 Å². The van der Waals surface area contributed by atoms with E-state index in [-0.39, 0.29) is 6.03 Å². The Hall–Kier alpha value is -4.21. The van der Waals surface area contributed by atoms with Crippen LogP contribution >= 0.6 is 11.6 Å². The van der Waals surface area contributed by atoms with Crippen LogP contribution < -0.4 is 29.6 Å². The fraction of sp³-hybridized carbons (Fsp3) is 0.214. The van der Waals surface area contributed by atoms with Crippen LogP contribution in [0.25, 0.3) is 10.9 Å². The zero-order chi connectivity index (χ0) is 26.5. The molecule has 0 unspecified atom stereocenters. The van der Waals surface area contributed by atoms with Gasteiger partial charge >= 0.3 is 6.03 Å². The molecule has 5 rings (SSSR count). The van der Waals surface area contributed by atoms with Crippen molar-refractivity contribution in [1.82, 2.24) is 4.98 Å². The molecule has 0 fully saturated rings. The standard InChI is InChI=1S/C28H26ClN3O6/c1-17-15-19(5-8-21(17)29)32-28(33)31-18-3-6-20(7-4-18)38-23-9-10-30-22-16-24(35-12-11-34-2)26-27(25(22)23)37-14-13-36-26/h3-10,15-16H,11-14H2,1-2H3,(H2,31,32,33). The van der Waals surface area contributed by atoms with Crippen molar-refractivity contribution in [2.75, 3.05) is 44.2 Å². The Kier molecular flexibility index (Phi) is 7.67. The zero-order valence-electron chi connectivity index (χ0n) is 20.9. The molecular formula is C28H26ClN3O6. The lowest BCUT2D eigenvalue weighted by molar-refractivity contribution is 0.134. The molecule has 0 spiro atoms. The highest BCUT2D eigenvalue weighted by molar-refractivity contribution is 6.31. The lowest BCUT2D eigenvalue weighted by Gasteiger charge is -2.23. The number of anilines is 2. The summed E-state index contributed by atoms with van der Waals surface area (Å²) in [7, 11) is 1.61. The van der Waals surface area contributed by atoms with Gasteiger partial charge in [0.2, 0.25) is 5.75 Å². The second-order valence-corrected chi connectivity index (χ2v) is 8.85. The summed E-state index contributed by atoms with van der Waals surface area (Å²) in [4.78, 5) is 16.9. The molecule has 1 aliphatic rings. The van der Waals surface area contributed by atoms with Crippen molar-refractivity contribution in [3.05, 3.63) is 71.4 Å². The predicted octanol–water partition coefficient (Wildman–Crippen LogP) is 6.43. The quantitative estimate of drug-likeness (QED) is 0.251. The lowest BCUT2D eigenvalue weighted by Crippen LogP contribution is -2.19. The number of benzene rings is 3. The van der Waals surface area contributed by atoms with Crippen LogP contribution in [0.15, 0.2) is 60.8 Å². The third kappa shape index (κ3) is 5.69. The van der Waals surface area contributed by atoms with E-state index >= 15 is 0 Å². The van der Waals surface area contributed by atoms with E-state index in [1.165, 1.54) is 0 Å². The Labute approximate surface area is 224 Å². The van der Waals surface area contributed by atoms with Gasteiger partial charge in [-0.2, -0.15) is 0 Å². The van der Waals surface area contributed by atoms with E-state index in [0.717, 1.165) is 5.56 Å². The largest absolute Gasteiger partial charge is 0.487 e. The predicted molar refractivity (Wildman–Crippen MR) is 145 cm³/mol. The van der Waals surface area contributed by atoms with E-state index in [1.807, 2.05) is 6.92 Å². The number of pyridine rings is 1. The number of hydrogen-bond donors (Lipinski definition) is 2. The Morgan fingerprint density at radius 3 is 2.45 bits per heavy atom. The van der Waals surface area contributed by atoms with Gasteiger partial charge in [-0.3, -0.25) is 4.98 Å². The highest BCUT2D eigenvalue weighted by atomic mass is 35.5. The first kappa shape index (κ1) is 25.4. The van der Waals surface area contributed by atoms with E-state index in [9.17, 15) is 4.79 Å². The van der Waals surface area contributed by atoms with Gasteiger partial charge in [-0.1, -0.05) is 11.6 Å². The fourth-order valence-electron chi connectivity index (χ4n) is 3.95. The smallest absolute Gasteiger partial charge is 0.323 e. The average Bonchev–Trinajstić information content (AvgIpc) is 2.92. The number of fused-ring (bicyclic) bond motifs is 3. The number of aryl methyl sites for hydroxylation is 1. The van der Waals surface area contributed by atoms with Crippen LogP contribution in [0.1, 0.15) is 5.56 Å². The Bertz CT molecular complexity index is 1460. The van der Waals surface area contributed by atoms with Crippen LogP contribution in [0, 0.1) is 6.92 Å². The lowest BCUT2D eigenvalue weighted by atomic mass is 10.1. The third-order valence-electron chi connectivity index (χ3n) is 5.74. The van der Waals surface area contributed by atoms with Crippen molar-refractivity contribution in [3.63, 3.8) is 0 Å². The van der Waals surface area contributed by atoms with Crippen LogP contribution in [-0.4, -0.2) is 44.6 Å². The van der Waals surface area contributed by atoms with Crippen molar-refractivity contribution < 1.29 is 28.5 Å². The molecule has 9 nitrogen and oxygen atoms in total. The number of carbonyl (C=O) groups is 1. The molecule has 0 aliphatic carbocycles. The Morgan fingerprint density at radius 1 is 0.947 bits per heavy atom. The minimum atomic E-state index is -0.368. The van der Waals surface area contributed by atoms with E-state index in [2.05, 4.69) is 15.6 Å². The first-order valence-corrected chi connectivity index (χ1v) is 12.3. The summed E-state index contributed by atoms with van der Waals surface area (Å²) in [5, 5.41) is 6.92. The second kappa shape index (κ2) is 11.5. The summed E-state index contributed by atoms with van der Waals surface area (Å²) in [5.41, 5.74) is 2.78. The van der Waals surface area contributed by atoms with Crippen LogP contribution in [-0.2, 0) is 4.74 Å². The summed E-state index contributed by atoms with van der Waals surface area (Å²) < 4.78 is 29.0. The van der Waals surface area contributed by atoms with Gasteiger partial charge in [0.1, 0.15) is 31.3 Å². The first-order valence-electron chi connectivity index (χ1n) is 12.0. The number of hydrogen-bond acceptors (Lipinski definition) is 7. The van der Waals surface area contributed by atoms with Gasteiger partial charge in [-0.05, 0) is 61.0 Å². The second-order valence-electron chi connectivity index (χ2n) is 8.44. The van der Waals surface area contributed by atoms with Gasteiger partial charge in [0, 0.05) is 35.8 Å². The van der Waals surface area contributed by atoms with Gasteiger partial charge in [0.05, 0.1) is 17.5 Å². The molecule has 0 saturated carbocycles. The summed E-state index contributed by atoms with van der Waals surface area (Å²) in [6.45, 7) is 3.50. The van der Waals surface area contributed by atoms with Crippen LogP contribution in [0.2, 0.25) is 5.02 Å². The molecule has 0 bridgehead atoms. The summed E-state index contributed by atoms with van der Waals surface area (Å²) in [6.07, 6.45) is 1.66. The number of carbonyl (C=O) groups excluding carboxylic acids is 1. The van der Waals surface area contributed by atoms with Gasteiger partial charge in [-0.15, -0.1) is 0 Å². The normalized spacial score (nSPS) is 12.2. The minimum Gasteiger partial charge on any atom is -0.487 e. The Morgan fingerprint density at radius 2 is 1.68 bits per heavy atom. The Balaban J connectivity index is 1.33. The monoisotopic (exact) mass is 535 g/mol. The number of aromatic nitrogens is 1. The molecule has 2 amide bonds. The molecule has 2 heterocycles. The van der Waals surface area contributed by atoms with Crippen molar-refractivity contribution in [2.24, 2.45) is 0 Å². The number of amides is 2. The van der Waals surface area contributed by atoms with Crippen molar-refractivity contribution >= 4 is 39.9 Å². The van der Waals surface area contributed by atoms with Crippen LogP contribution in [0.3, 0.4) is 0 Å². The van der Waals surface area contributed by atoms with Gasteiger partial charge in [-0.25, -0.2) is 4.79 Å². The maximum Gasteiger partial charge on any atom is 0.323 e. The first-order chi connectivity index (χ1) is 18.5. The van der Waals surface area contributed by atoms with Crippen molar-refractivity contribution in [3.8, 4) is 28.7 Å². The molecule has 2 N–H and O–H groups in total. The number of halogens is 1. The van der Waals surface area contributed by atoms with E-state index in [1.54, 1.807) is 67.9 Å². The highest BCUT2D eigenvalue weighted by Crippen LogP contribution is 2.48. The van der Waals surface area contributed by atoms with Crippen LogP contribution in [0.5, 0.6) is 28.7 Å². The number of ether oxygens (including phenoxy) is 5. The fourth-order valence-corrected chi connectivity index (χ4v) is 4.07. The molecular weight excluding hydrogens is 510 g/mol. The van der Waals surface area contributed by atoms with E-state index < -0.39 is 0 Å². The molecule has 196 valence electrons. The average molecular weight is 536 g/mol. The number of methoxy groups -OCH3 is 1. The number of urea groups is 1. The maximum atomic E-state index is 12.4. The third-order valence-corrected chi connectivity index (χ3v) is 6.17. The molecule has 0 atom stereocenters. The van der Waals surface area contributed by atoms with Gasteiger partial charge < -0.3 is 34.3 Å². The summed E-state index contributed by atoms with van der Waals surface area (Å²) in [5.74, 6) is 2.70. The minimum absolute atomic E-state index is 0.367. The van der Waals surface area contributed by atoms with E-state index in [0.29, 0.717) is 82.5 Å². The zero-order valence-corrected chi connectivity index (χ0v) is 21.6. The van der Waals surface area contributed by atoms with Crippen molar-refractivity contribution in [2.45, 2.75) is 6.92 Å². The molecule has 1 aromatic heterocycles. The number of rotatable bonds is 8. The van der Waals surface area contributed by atoms with Gasteiger partial charge in [0.15, 0.2) is 11.5 Å². The molecule has 4 aromatic rings. The SMILES string of the molecule is COCCOc1cc2nccc(Oc3ccc(NC(=O)Nc4ccc(Cl)c(C)c4)cc3)c2c2c1OCCO2. The molecule has 38 heavy (non-hydrogen) atoms. The molecule has 0 saturated heterocycles. The maximum absolute atomic E-state index is 12.4. The topological polar surface area (TPSA) is 100 Å². The molecule has 0 radical (unpaired) electrons.